The third-order valence-electron chi connectivity index (χ3n) is 2.44. The maximum atomic E-state index is 5.91. The third kappa shape index (κ3) is 3.15. The van der Waals surface area contributed by atoms with Gasteiger partial charge in [-0.2, -0.15) is 5.10 Å². The van der Waals surface area contributed by atoms with Crippen LogP contribution < -0.4 is 11.1 Å². The summed E-state index contributed by atoms with van der Waals surface area (Å²) in [5.41, 5.74) is 7.89. The molecule has 4 heteroatoms. The number of rotatable bonds is 3. The van der Waals surface area contributed by atoms with E-state index in [2.05, 4.69) is 31.2 Å². The first-order chi connectivity index (χ1) is 6.81. The summed E-state index contributed by atoms with van der Waals surface area (Å²) in [7, 11) is 1.91. The van der Waals surface area contributed by atoms with Gasteiger partial charge in [0.25, 0.3) is 0 Å². The van der Waals surface area contributed by atoms with Crippen LogP contribution in [0.25, 0.3) is 0 Å². The molecule has 1 heterocycles. The van der Waals surface area contributed by atoms with Crippen LogP contribution in [0.1, 0.15) is 32.9 Å². The second-order valence-corrected chi connectivity index (χ2v) is 5.21. The Morgan fingerprint density at radius 2 is 2.00 bits per heavy atom. The van der Waals surface area contributed by atoms with Crippen molar-refractivity contribution in [3.63, 3.8) is 0 Å². The van der Waals surface area contributed by atoms with Crippen molar-refractivity contribution in [3.05, 3.63) is 5.69 Å². The van der Waals surface area contributed by atoms with Crippen molar-refractivity contribution in [2.24, 2.45) is 12.5 Å². The Morgan fingerprint density at radius 1 is 1.40 bits per heavy atom. The van der Waals surface area contributed by atoms with Crippen molar-refractivity contribution in [2.45, 2.75) is 34.1 Å². The Balaban J connectivity index is 2.58. The van der Waals surface area contributed by atoms with Crippen LogP contribution in [0.2, 0.25) is 0 Å². The van der Waals surface area contributed by atoms with Crippen LogP contribution in [-0.4, -0.2) is 16.3 Å². The number of nitrogens with one attached hydrogen (secondary N) is 1. The van der Waals surface area contributed by atoms with Crippen LogP contribution in [-0.2, 0) is 7.05 Å². The van der Waals surface area contributed by atoms with Gasteiger partial charge in [0.15, 0.2) is 0 Å². The number of aryl methyl sites for hydroxylation is 2. The molecular formula is C11H22N4. The van der Waals surface area contributed by atoms with Crippen LogP contribution in [0.15, 0.2) is 0 Å². The van der Waals surface area contributed by atoms with E-state index in [0.29, 0.717) is 5.41 Å². The van der Waals surface area contributed by atoms with Gasteiger partial charge >= 0.3 is 0 Å². The summed E-state index contributed by atoms with van der Waals surface area (Å²) in [5, 5.41) is 7.59. The maximum Gasteiger partial charge on any atom is 0.147 e. The fourth-order valence-electron chi connectivity index (χ4n) is 1.44. The van der Waals surface area contributed by atoms with Crippen LogP contribution in [0.5, 0.6) is 0 Å². The minimum atomic E-state index is 0.343. The Labute approximate surface area is 91.8 Å². The molecule has 0 saturated heterocycles. The van der Waals surface area contributed by atoms with Gasteiger partial charge in [-0.05, 0) is 18.8 Å². The lowest BCUT2D eigenvalue weighted by Gasteiger charge is -2.18. The third-order valence-corrected chi connectivity index (χ3v) is 2.44. The van der Waals surface area contributed by atoms with Crippen molar-refractivity contribution in [2.75, 3.05) is 17.6 Å². The smallest absolute Gasteiger partial charge is 0.147 e. The van der Waals surface area contributed by atoms with E-state index in [-0.39, 0.29) is 0 Å². The zero-order valence-corrected chi connectivity index (χ0v) is 10.4. The molecule has 86 valence electrons. The molecule has 0 aliphatic heterocycles. The van der Waals surface area contributed by atoms with E-state index in [1.54, 1.807) is 4.68 Å². The molecule has 0 aromatic carbocycles. The molecule has 0 amide bonds. The minimum Gasteiger partial charge on any atom is -0.394 e. The fourth-order valence-corrected chi connectivity index (χ4v) is 1.44. The normalized spacial score (nSPS) is 11.8. The molecule has 0 radical (unpaired) electrons. The highest BCUT2D eigenvalue weighted by molar-refractivity contribution is 5.64. The SMILES string of the molecule is Cc1nn(C)c(NCCC(C)(C)C)c1N. The molecule has 0 atom stereocenters. The number of nitrogens with zero attached hydrogens (tertiary/aromatic N) is 2. The minimum absolute atomic E-state index is 0.343. The lowest BCUT2D eigenvalue weighted by Crippen LogP contribution is -2.15. The van der Waals surface area contributed by atoms with E-state index in [4.69, 9.17) is 5.73 Å². The molecule has 0 fully saturated rings. The van der Waals surface area contributed by atoms with Gasteiger partial charge in [0.05, 0.1) is 11.4 Å². The molecule has 15 heavy (non-hydrogen) atoms. The highest BCUT2D eigenvalue weighted by Crippen LogP contribution is 2.23. The van der Waals surface area contributed by atoms with Crippen LogP contribution in [0, 0.1) is 12.3 Å². The fraction of sp³-hybridized carbons (Fsp3) is 0.727. The Bertz CT molecular complexity index is 333. The van der Waals surface area contributed by atoms with Crippen LogP contribution in [0.4, 0.5) is 11.5 Å². The summed E-state index contributed by atoms with van der Waals surface area (Å²) in [6.07, 6.45) is 1.11. The van der Waals surface area contributed by atoms with Gasteiger partial charge < -0.3 is 11.1 Å². The van der Waals surface area contributed by atoms with Crippen molar-refractivity contribution in [3.8, 4) is 0 Å². The molecule has 1 rings (SSSR count). The van der Waals surface area contributed by atoms with Gasteiger partial charge in [0.1, 0.15) is 5.82 Å². The number of nitrogens with two attached hydrogens (primary N) is 1. The first kappa shape index (κ1) is 11.9. The Hall–Kier alpha value is -1.19. The van der Waals surface area contributed by atoms with Crippen LogP contribution in [0.3, 0.4) is 0 Å². The topological polar surface area (TPSA) is 55.9 Å². The van der Waals surface area contributed by atoms with E-state index in [1.165, 1.54) is 0 Å². The quantitative estimate of drug-likeness (QED) is 0.803. The highest BCUT2D eigenvalue weighted by atomic mass is 15.3. The number of nitrogen functional groups attached to an aromatic ring is 1. The van der Waals surface area contributed by atoms with E-state index in [0.717, 1.165) is 30.2 Å². The first-order valence-electron chi connectivity index (χ1n) is 5.34. The van der Waals surface area contributed by atoms with Crippen molar-refractivity contribution in [1.29, 1.82) is 0 Å². The second kappa shape index (κ2) is 4.13. The number of anilines is 2. The van der Waals surface area contributed by atoms with Crippen molar-refractivity contribution in [1.82, 2.24) is 9.78 Å². The lowest BCUT2D eigenvalue weighted by atomic mass is 9.92. The van der Waals surface area contributed by atoms with Gasteiger partial charge in [-0.3, -0.25) is 4.68 Å². The molecule has 1 aromatic heterocycles. The van der Waals surface area contributed by atoms with Gasteiger partial charge in [-0.1, -0.05) is 20.8 Å². The zero-order chi connectivity index (χ0) is 11.6. The van der Waals surface area contributed by atoms with Gasteiger partial charge in [-0.15, -0.1) is 0 Å². The summed E-state index contributed by atoms with van der Waals surface area (Å²) in [5.74, 6) is 0.928. The summed E-state index contributed by atoms with van der Waals surface area (Å²) in [6.45, 7) is 9.53. The van der Waals surface area contributed by atoms with Crippen LogP contribution >= 0.6 is 0 Å². The molecule has 0 aliphatic rings. The van der Waals surface area contributed by atoms with E-state index >= 15 is 0 Å². The summed E-state index contributed by atoms with van der Waals surface area (Å²) in [4.78, 5) is 0. The van der Waals surface area contributed by atoms with Gasteiger partial charge in [0, 0.05) is 13.6 Å². The average molecular weight is 210 g/mol. The van der Waals surface area contributed by atoms with Crippen molar-refractivity contribution < 1.29 is 0 Å². The lowest BCUT2D eigenvalue weighted by molar-refractivity contribution is 0.389. The van der Waals surface area contributed by atoms with E-state index in [9.17, 15) is 0 Å². The second-order valence-electron chi connectivity index (χ2n) is 5.21. The standard InChI is InChI=1S/C11H22N4/c1-8-9(12)10(15(5)14-8)13-7-6-11(2,3)4/h13H,6-7,12H2,1-5H3. The number of hydrogen-bond acceptors (Lipinski definition) is 3. The van der Waals surface area contributed by atoms with E-state index in [1.807, 2.05) is 14.0 Å². The summed E-state index contributed by atoms with van der Waals surface area (Å²) in [6, 6.07) is 0. The predicted molar refractivity (Wildman–Crippen MR) is 64.9 cm³/mol. The van der Waals surface area contributed by atoms with E-state index < -0.39 is 0 Å². The first-order valence-corrected chi connectivity index (χ1v) is 5.34. The summed E-state index contributed by atoms with van der Waals surface area (Å²) < 4.78 is 1.80. The average Bonchev–Trinajstić information content (AvgIpc) is 2.29. The zero-order valence-electron chi connectivity index (χ0n) is 10.4. The van der Waals surface area contributed by atoms with Crippen molar-refractivity contribution >= 4 is 11.5 Å². The molecule has 4 nitrogen and oxygen atoms in total. The number of aromatic nitrogens is 2. The molecule has 0 unspecified atom stereocenters. The molecule has 0 bridgehead atoms. The molecule has 1 aromatic rings. The molecule has 0 aliphatic carbocycles. The Morgan fingerprint density at radius 3 is 2.40 bits per heavy atom. The Kier molecular flexibility index (Phi) is 3.27. The number of hydrogen-bond donors (Lipinski definition) is 2. The molecule has 0 saturated carbocycles. The van der Waals surface area contributed by atoms with Gasteiger partial charge in [-0.25, -0.2) is 0 Å². The largest absolute Gasteiger partial charge is 0.394 e. The summed E-state index contributed by atoms with van der Waals surface area (Å²) >= 11 is 0. The monoisotopic (exact) mass is 210 g/mol. The maximum absolute atomic E-state index is 5.91. The van der Waals surface area contributed by atoms with Gasteiger partial charge in [0.2, 0.25) is 0 Å². The highest BCUT2D eigenvalue weighted by Gasteiger charge is 2.12. The molecule has 3 N–H and O–H groups in total. The molecular weight excluding hydrogens is 188 g/mol. The molecule has 0 spiro atoms. The predicted octanol–water partition coefficient (Wildman–Crippen LogP) is 2.16.